The van der Waals surface area contributed by atoms with Crippen molar-refractivity contribution in [1.82, 2.24) is 25.1 Å². The van der Waals surface area contributed by atoms with Gasteiger partial charge in [-0.1, -0.05) is 30.3 Å². The molecule has 2 aromatic heterocycles. The topological polar surface area (TPSA) is 115 Å². The molecule has 9 heteroatoms. The lowest BCUT2D eigenvalue weighted by molar-refractivity contribution is 0.460. The van der Waals surface area contributed by atoms with Gasteiger partial charge >= 0.3 is 0 Å². The Bertz CT molecular complexity index is 1530. The zero-order chi connectivity index (χ0) is 23.8. The van der Waals surface area contributed by atoms with Crippen LogP contribution in [-0.2, 0) is 6.42 Å². The summed E-state index contributed by atoms with van der Waals surface area (Å²) in [6.07, 6.45) is 2.89. The van der Waals surface area contributed by atoms with Crippen molar-refractivity contribution >= 4 is 29.3 Å². The van der Waals surface area contributed by atoms with Crippen molar-refractivity contribution in [2.75, 3.05) is 17.3 Å². The Labute approximate surface area is 206 Å². The lowest BCUT2D eigenvalue weighted by Crippen LogP contribution is -1.98. The number of thioether (sulfide) groups is 1. The molecule has 1 aliphatic rings. The van der Waals surface area contributed by atoms with Crippen LogP contribution in [0.4, 0.5) is 17.6 Å². The Morgan fingerprint density at radius 3 is 2.60 bits per heavy atom. The number of hydrogen-bond donors (Lipinski definition) is 3. The number of nitrogen functional groups attached to an aromatic ring is 1. The van der Waals surface area contributed by atoms with E-state index in [1.165, 1.54) is 34.0 Å². The second-order valence-electron chi connectivity index (χ2n) is 8.07. The quantitative estimate of drug-likeness (QED) is 0.207. The van der Waals surface area contributed by atoms with Crippen LogP contribution in [0.1, 0.15) is 11.1 Å². The molecular weight excluding hydrogens is 458 g/mol. The van der Waals surface area contributed by atoms with E-state index in [1.54, 1.807) is 6.07 Å². The molecule has 35 heavy (non-hydrogen) atoms. The zero-order valence-electron chi connectivity index (χ0n) is 18.8. The average molecular weight is 480 g/mol. The molecule has 3 aromatic carbocycles. The number of nitrogens with one attached hydrogen (secondary N) is 2. The molecule has 0 fully saturated rings. The third-order valence-electron chi connectivity index (χ3n) is 5.80. The summed E-state index contributed by atoms with van der Waals surface area (Å²) in [6, 6.07) is 24.2. The van der Waals surface area contributed by atoms with Crippen LogP contribution in [0.3, 0.4) is 0 Å². The average Bonchev–Trinajstić information content (AvgIpc) is 3.49. The second kappa shape index (κ2) is 8.77. The lowest BCUT2D eigenvalue weighted by atomic mass is 10.1. The summed E-state index contributed by atoms with van der Waals surface area (Å²) >= 11 is 1.48. The van der Waals surface area contributed by atoms with Gasteiger partial charge in [0.05, 0.1) is 0 Å². The van der Waals surface area contributed by atoms with E-state index in [1.807, 2.05) is 30.5 Å². The molecule has 0 atom stereocenters. The number of aromatic amines is 1. The maximum absolute atomic E-state index is 5.84. The second-order valence-corrected chi connectivity index (χ2v) is 8.90. The lowest BCUT2D eigenvalue weighted by Gasteiger charge is -2.07. The maximum atomic E-state index is 5.84. The molecule has 6 rings (SSSR count). The Morgan fingerprint density at radius 1 is 0.914 bits per heavy atom. The number of benzene rings is 3. The molecule has 1 aliphatic carbocycles. The van der Waals surface area contributed by atoms with E-state index in [0.717, 1.165) is 22.7 Å². The standard InChI is InChI=1S/C26H21N7OS/c1-35-23-14-22(29-25(27)30-23)34-19-10-7-15(8-11-19)24-31-26(33-32-24)28-18-9-6-17-12-16-4-2-3-5-20(16)21(17)13-18/h2-11,13-14H,12H2,1H3,(H2,27,29,30)(H2,28,31,32,33). The summed E-state index contributed by atoms with van der Waals surface area (Å²) in [5.74, 6) is 2.37. The predicted molar refractivity (Wildman–Crippen MR) is 138 cm³/mol. The Kier molecular flexibility index (Phi) is 5.31. The van der Waals surface area contributed by atoms with Crippen molar-refractivity contribution in [2.24, 2.45) is 0 Å². The smallest absolute Gasteiger partial charge is 0.246 e. The van der Waals surface area contributed by atoms with Crippen LogP contribution in [0.15, 0.2) is 77.8 Å². The molecule has 0 amide bonds. The number of hydrogen-bond acceptors (Lipinski definition) is 8. The van der Waals surface area contributed by atoms with Gasteiger partial charge in [-0.15, -0.1) is 16.9 Å². The first kappa shape index (κ1) is 21.2. The maximum Gasteiger partial charge on any atom is 0.246 e. The number of fused-ring (bicyclic) bond motifs is 3. The number of H-pyrrole nitrogens is 1. The first-order valence-corrected chi connectivity index (χ1v) is 12.2. The molecule has 172 valence electrons. The number of anilines is 3. The highest BCUT2D eigenvalue weighted by Gasteiger charge is 2.18. The first-order valence-electron chi connectivity index (χ1n) is 11.0. The fraction of sp³-hybridized carbons (Fsp3) is 0.0769. The molecule has 0 spiro atoms. The van der Waals surface area contributed by atoms with Gasteiger partial charge < -0.3 is 15.8 Å². The Hall–Kier alpha value is -4.37. The summed E-state index contributed by atoms with van der Waals surface area (Å²) < 4.78 is 5.84. The van der Waals surface area contributed by atoms with Crippen molar-refractivity contribution in [3.05, 3.63) is 83.9 Å². The summed E-state index contributed by atoms with van der Waals surface area (Å²) in [7, 11) is 0. The molecule has 0 unspecified atom stereocenters. The monoisotopic (exact) mass is 479 g/mol. The first-order chi connectivity index (χ1) is 17.1. The summed E-state index contributed by atoms with van der Waals surface area (Å²) in [5, 5.41) is 11.4. The fourth-order valence-electron chi connectivity index (χ4n) is 4.16. The van der Waals surface area contributed by atoms with Crippen LogP contribution in [0.5, 0.6) is 11.6 Å². The van der Waals surface area contributed by atoms with Crippen molar-refractivity contribution in [3.8, 4) is 34.1 Å². The Morgan fingerprint density at radius 2 is 1.74 bits per heavy atom. The van der Waals surface area contributed by atoms with Crippen LogP contribution in [0.25, 0.3) is 22.5 Å². The van der Waals surface area contributed by atoms with Crippen molar-refractivity contribution < 1.29 is 4.74 Å². The molecule has 5 aromatic rings. The van der Waals surface area contributed by atoms with Crippen molar-refractivity contribution in [3.63, 3.8) is 0 Å². The number of aromatic nitrogens is 5. The van der Waals surface area contributed by atoms with E-state index in [9.17, 15) is 0 Å². The van der Waals surface area contributed by atoms with Crippen LogP contribution < -0.4 is 15.8 Å². The van der Waals surface area contributed by atoms with Crippen LogP contribution in [0, 0.1) is 0 Å². The van der Waals surface area contributed by atoms with E-state index >= 15 is 0 Å². The molecule has 8 nitrogen and oxygen atoms in total. The fourth-order valence-corrected chi connectivity index (χ4v) is 4.56. The van der Waals surface area contributed by atoms with Gasteiger partial charge in [0.2, 0.25) is 17.8 Å². The van der Waals surface area contributed by atoms with E-state index < -0.39 is 0 Å². The third-order valence-corrected chi connectivity index (χ3v) is 6.42. The number of nitrogens with two attached hydrogens (primary N) is 1. The normalized spacial score (nSPS) is 11.7. The third kappa shape index (κ3) is 4.29. The van der Waals surface area contributed by atoms with Crippen molar-refractivity contribution in [2.45, 2.75) is 11.4 Å². The minimum atomic E-state index is 0.178. The Balaban J connectivity index is 1.17. The highest BCUT2D eigenvalue weighted by molar-refractivity contribution is 7.98. The molecule has 0 saturated heterocycles. The summed E-state index contributed by atoms with van der Waals surface area (Å²) in [5.41, 5.74) is 12.8. The molecule has 0 radical (unpaired) electrons. The van der Waals surface area contributed by atoms with Gasteiger partial charge in [-0.05, 0) is 71.3 Å². The van der Waals surface area contributed by atoms with Gasteiger partial charge in [-0.3, -0.25) is 5.10 Å². The van der Waals surface area contributed by atoms with Crippen molar-refractivity contribution in [1.29, 1.82) is 0 Å². The molecule has 4 N–H and O–H groups in total. The van der Waals surface area contributed by atoms with Gasteiger partial charge in [-0.25, -0.2) is 4.98 Å². The number of ether oxygens (including phenoxy) is 1. The molecule has 2 heterocycles. The highest BCUT2D eigenvalue weighted by atomic mass is 32.2. The summed E-state index contributed by atoms with van der Waals surface area (Å²) in [4.78, 5) is 12.9. The van der Waals surface area contributed by atoms with Gasteiger partial charge in [0.1, 0.15) is 10.8 Å². The SMILES string of the molecule is CSc1cc(Oc2ccc(-c3nc(Nc4ccc5c(c4)-c4ccccc4C5)n[nH]3)cc2)nc(N)n1. The van der Waals surface area contributed by atoms with E-state index in [4.69, 9.17) is 10.5 Å². The van der Waals surface area contributed by atoms with Crippen LogP contribution in [-0.4, -0.2) is 31.4 Å². The van der Waals surface area contributed by atoms with E-state index in [0.29, 0.717) is 23.4 Å². The van der Waals surface area contributed by atoms with E-state index in [2.05, 4.69) is 72.9 Å². The largest absolute Gasteiger partial charge is 0.439 e. The molecule has 0 aliphatic heterocycles. The van der Waals surface area contributed by atoms with Gasteiger partial charge in [-0.2, -0.15) is 9.97 Å². The van der Waals surface area contributed by atoms with Crippen LogP contribution in [0.2, 0.25) is 0 Å². The van der Waals surface area contributed by atoms with E-state index in [-0.39, 0.29) is 5.95 Å². The number of rotatable bonds is 6. The molecule has 0 saturated carbocycles. The minimum absolute atomic E-state index is 0.178. The molecular formula is C26H21N7OS. The molecule has 0 bridgehead atoms. The summed E-state index contributed by atoms with van der Waals surface area (Å²) in [6.45, 7) is 0. The van der Waals surface area contributed by atoms with Crippen LogP contribution >= 0.6 is 11.8 Å². The predicted octanol–water partition coefficient (Wildman–Crippen LogP) is 5.67. The number of nitrogens with zero attached hydrogens (tertiary/aromatic N) is 4. The van der Waals surface area contributed by atoms with Gasteiger partial charge in [0, 0.05) is 17.3 Å². The minimum Gasteiger partial charge on any atom is -0.439 e. The van der Waals surface area contributed by atoms with Gasteiger partial charge in [0.25, 0.3) is 0 Å². The highest BCUT2D eigenvalue weighted by Crippen LogP contribution is 2.38. The zero-order valence-corrected chi connectivity index (χ0v) is 19.6. The van der Waals surface area contributed by atoms with Gasteiger partial charge in [0.15, 0.2) is 5.82 Å².